The van der Waals surface area contributed by atoms with Crippen LogP contribution in [0.1, 0.15) is 115 Å². The van der Waals surface area contributed by atoms with Crippen LogP contribution >= 0.6 is 11.6 Å². The number of allylic oxidation sites excluding steroid dienone is 3. The van der Waals surface area contributed by atoms with E-state index in [1.165, 1.54) is 68.1 Å². The number of aromatic carboxylic acids is 1. The lowest BCUT2D eigenvalue weighted by atomic mass is 9.33. The van der Waals surface area contributed by atoms with E-state index in [1.807, 2.05) is 12.1 Å². The normalized spacial score (nSPS) is 37.9. The molecule has 5 aliphatic carbocycles. The number of carboxylic acids is 1. The van der Waals surface area contributed by atoms with E-state index in [0.29, 0.717) is 58.2 Å². The molecule has 5 fully saturated rings. The van der Waals surface area contributed by atoms with Gasteiger partial charge in [-0.15, -0.1) is 0 Å². The molecule has 4 saturated carbocycles. The molecule has 2 N–H and O–H groups in total. The van der Waals surface area contributed by atoms with E-state index in [1.54, 1.807) is 40.7 Å². The highest BCUT2D eigenvalue weighted by molar-refractivity contribution is 7.89. The summed E-state index contributed by atoms with van der Waals surface area (Å²) in [5.74, 6) is 2.14. The van der Waals surface area contributed by atoms with Crippen molar-refractivity contribution in [2.75, 3.05) is 39.3 Å². The maximum Gasteiger partial charge on any atom is 0.335 e. The molecular formula is C48H66ClN3O4S. The number of sulfonamides is 1. The summed E-state index contributed by atoms with van der Waals surface area (Å²) in [6.45, 7) is 24.2. The average molecular weight is 817 g/mol. The van der Waals surface area contributed by atoms with Crippen LogP contribution < -0.4 is 5.32 Å². The van der Waals surface area contributed by atoms with Gasteiger partial charge in [0.25, 0.3) is 0 Å². The summed E-state index contributed by atoms with van der Waals surface area (Å²) in [5.41, 5.74) is 5.10. The third kappa shape index (κ3) is 6.52. The fourth-order valence-electron chi connectivity index (χ4n) is 14.8. The number of carbonyl (C=O) groups is 1. The molecule has 0 aromatic heterocycles. The fraction of sp³-hybridized carbons (Fsp3) is 0.646. The smallest absolute Gasteiger partial charge is 0.335 e. The summed E-state index contributed by atoms with van der Waals surface area (Å²) in [6.07, 6.45) is 13.6. The molecule has 7 nitrogen and oxygen atoms in total. The number of hydrogen-bond acceptors (Lipinski definition) is 5. The topological polar surface area (TPSA) is 90.0 Å². The summed E-state index contributed by atoms with van der Waals surface area (Å²) in [4.78, 5) is 14.4. The highest BCUT2D eigenvalue weighted by Gasteiger charge is 2.70. The molecule has 0 radical (unpaired) electrons. The first-order chi connectivity index (χ1) is 26.9. The standard InChI is InChI=1S/C48H66ClN3O4S/c1-32(2)37-18-23-48(50-26-27-51-28-30-52(31-29-51)57(55,56)36-14-12-35(49)13-15-36)25-24-46(6)39(42(37)48)16-17-41-45(5)21-19-38(33-8-10-34(11-9-33)43(53)54)44(3,4)40(45)20-22-47(41,46)7/h8-15,19,37,39-42,50H,1,16-18,20-31H2,2-7H3,(H,53,54)/t37-,39+,40?,41?,42?,45-,46+,47+,48-/m0/s1. The van der Waals surface area contributed by atoms with Gasteiger partial charge in [0.15, 0.2) is 0 Å². The Bertz CT molecular complexity index is 2020. The molecule has 9 heteroatoms. The van der Waals surface area contributed by atoms with E-state index in [2.05, 4.69) is 64.4 Å². The summed E-state index contributed by atoms with van der Waals surface area (Å²) < 4.78 is 28.3. The molecule has 0 amide bonds. The zero-order valence-corrected chi connectivity index (χ0v) is 36.8. The first kappa shape index (κ1) is 41.3. The molecular weight excluding hydrogens is 750 g/mol. The minimum Gasteiger partial charge on any atom is -0.478 e. The van der Waals surface area contributed by atoms with Crippen molar-refractivity contribution in [3.8, 4) is 0 Å². The number of fused-ring (bicyclic) bond motifs is 7. The summed E-state index contributed by atoms with van der Waals surface area (Å²) >= 11 is 6.03. The molecule has 9 atom stereocenters. The van der Waals surface area contributed by atoms with Crippen LogP contribution in [0.2, 0.25) is 5.02 Å². The Morgan fingerprint density at radius 1 is 0.860 bits per heavy atom. The Balaban J connectivity index is 0.977. The predicted molar refractivity (Wildman–Crippen MR) is 231 cm³/mol. The van der Waals surface area contributed by atoms with E-state index in [0.717, 1.165) is 32.6 Å². The van der Waals surface area contributed by atoms with Gasteiger partial charge in [-0.25, -0.2) is 13.2 Å². The molecule has 1 heterocycles. The minimum atomic E-state index is -3.53. The number of benzene rings is 2. The lowest BCUT2D eigenvalue weighted by Gasteiger charge is -2.72. The van der Waals surface area contributed by atoms with Crippen molar-refractivity contribution >= 4 is 33.2 Å². The van der Waals surface area contributed by atoms with E-state index in [4.69, 9.17) is 11.6 Å². The molecule has 3 unspecified atom stereocenters. The predicted octanol–water partition coefficient (Wildman–Crippen LogP) is 10.0. The van der Waals surface area contributed by atoms with Crippen molar-refractivity contribution in [3.05, 3.63) is 82.9 Å². The third-order valence-corrected chi connectivity index (χ3v) is 19.9. The minimum absolute atomic E-state index is 0.00341. The molecule has 8 rings (SSSR count). The Morgan fingerprint density at radius 2 is 1.54 bits per heavy atom. The van der Waals surface area contributed by atoms with Crippen molar-refractivity contribution in [3.63, 3.8) is 0 Å². The second kappa shape index (κ2) is 14.6. The quantitative estimate of drug-likeness (QED) is 0.245. The first-order valence-corrected chi connectivity index (χ1v) is 23.6. The lowest BCUT2D eigenvalue weighted by molar-refractivity contribution is -0.219. The van der Waals surface area contributed by atoms with Crippen LogP contribution in [0.3, 0.4) is 0 Å². The summed E-state index contributed by atoms with van der Waals surface area (Å²) in [6, 6.07) is 14.1. The van der Waals surface area contributed by atoms with Crippen molar-refractivity contribution in [1.82, 2.24) is 14.5 Å². The number of piperazine rings is 1. The molecule has 6 aliphatic rings. The Hall–Kier alpha value is -2.49. The van der Waals surface area contributed by atoms with Crippen molar-refractivity contribution < 1.29 is 18.3 Å². The molecule has 0 bridgehead atoms. The van der Waals surface area contributed by atoms with Crippen LogP contribution in [0.5, 0.6) is 0 Å². The summed E-state index contributed by atoms with van der Waals surface area (Å²) in [5, 5.41) is 14.3. The van der Waals surface area contributed by atoms with Gasteiger partial charge in [0.05, 0.1) is 10.5 Å². The second-order valence-corrected chi connectivity index (χ2v) is 22.8. The van der Waals surface area contributed by atoms with Crippen molar-refractivity contribution in [2.24, 2.45) is 51.2 Å². The van der Waals surface area contributed by atoms with E-state index >= 15 is 0 Å². The van der Waals surface area contributed by atoms with E-state index in [-0.39, 0.29) is 27.2 Å². The molecule has 57 heavy (non-hydrogen) atoms. The fourth-order valence-corrected chi connectivity index (χ4v) is 16.3. The van der Waals surface area contributed by atoms with Crippen LogP contribution in [0.4, 0.5) is 0 Å². The zero-order chi connectivity index (χ0) is 40.8. The molecule has 0 spiro atoms. The number of hydrogen-bond donors (Lipinski definition) is 2. The molecule has 2 aromatic rings. The van der Waals surface area contributed by atoms with E-state index < -0.39 is 16.0 Å². The maximum atomic E-state index is 13.3. The van der Waals surface area contributed by atoms with Crippen LogP contribution in [-0.4, -0.2) is 73.5 Å². The zero-order valence-electron chi connectivity index (χ0n) is 35.2. The number of rotatable bonds is 9. The maximum absolute atomic E-state index is 13.3. The summed E-state index contributed by atoms with van der Waals surface area (Å²) in [7, 11) is -3.53. The number of nitrogens with zero attached hydrogens (tertiary/aromatic N) is 2. The largest absolute Gasteiger partial charge is 0.478 e. The molecule has 1 saturated heterocycles. The number of halogens is 1. The van der Waals surface area contributed by atoms with Crippen molar-refractivity contribution in [1.29, 1.82) is 0 Å². The highest BCUT2D eigenvalue weighted by atomic mass is 35.5. The third-order valence-electron chi connectivity index (χ3n) is 17.8. The monoisotopic (exact) mass is 815 g/mol. The van der Waals surface area contributed by atoms with Crippen LogP contribution in [0.15, 0.2) is 71.7 Å². The van der Waals surface area contributed by atoms with Gasteiger partial charge < -0.3 is 10.4 Å². The molecule has 310 valence electrons. The van der Waals surface area contributed by atoms with Gasteiger partial charge in [0.2, 0.25) is 10.0 Å². The van der Waals surface area contributed by atoms with Crippen molar-refractivity contribution in [2.45, 2.75) is 110 Å². The first-order valence-electron chi connectivity index (χ1n) is 21.8. The Labute approximate surface area is 347 Å². The van der Waals surface area contributed by atoms with Gasteiger partial charge in [-0.2, -0.15) is 4.31 Å². The van der Waals surface area contributed by atoms with Crippen LogP contribution in [-0.2, 0) is 10.0 Å². The van der Waals surface area contributed by atoms with Gasteiger partial charge in [-0.05, 0) is 163 Å². The molecule has 1 aliphatic heterocycles. The van der Waals surface area contributed by atoms with Crippen LogP contribution in [0, 0.1) is 51.2 Å². The Morgan fingerprint density at radius 3 is 2.19 bits per heavy atom. The second-order valence-electron chi connectivity index (χ2n) is 20.4. The SMILES string of the molecule is C=C(C)[C@@H]1CC[C@]2(NCCN3CCN(S(=O)(=O)c4ccc(Cl)cc4)CC3)CC[C@]3(C)[C@H](CCC4[C@@]5(C)CC=C(c6ccc(C(=O)O)cc6)C(C)(C)C5CC[C@]43C)C12. The van der Waals surface area contributed by atoms with E-state index in [9.17, 15) is 18.3 Å². The lowest BCUT2D eigenvalue weighted by Crippen LogP contribution is -2.68. The van der Waals surface area contributed by atoms with Gasteiger partial charge >= 0.3 is 5.97 Å². The average Bonchev–Trinajstić information content (AvgIpc) is 3.55. The van der Waals surface area contributed by atoms with Gasteiger partial charge in [0, 0.05) is 49.8 Å². The number of nitrogens with one attached hydrogen (secondary N) is 1. The highest BCUT2D eigenvalue weighted by Crippen LogP contribution is 2.76. The molecule has 2 aromatic carbocycles. The Kier molecular flexibility index (Phi) is 10.6. The van der Waals surface area contributed by atoms with Crippen LogP contribution in [0.25, 0.3) is 5.57 Å². The number of carboxylic acid groups (broad SMARTS) is 1. The van der Waals surface area contributed by atoms with Gasteiger partial charge in [-0.1, -0.05) is 76.6 Å². The van der Waals surface area contributed by atoms with Gasteiger partial charge in [0.1, 0.15) is 0 Å². The van der Waals surface area contributed by atoms with Gasteiger partial charge in [-0.3, -0.25) is 4.90 Å².